The van der Waals surface area contributed by atoms with Gasteiger partial charge in [0.05, 0.1) is 6.54 Å². The molecule has 3 aromatic rings. The van der Waals surface area contributed by atoms with Gasteiger partial charge in [0.25, 0.3) is 5.91 Å². The quantitative estimate of drug-likeness (QED) is 0.580. The van der Waals surface area contributed by atoms with Crippen LogP contribution in [0.5, 0.6) is 11.5 Å². The van der Waals surface area contributed by atoms with E-state index in [1.165, 1.54) is 0 Å². The number of halogens is 1. The predicted octanol–water partition coefficient (Wildman–Crippen LogP) is 5.42. The number of para-hydroxylation sites is 1. The van der Waals surface area contributed by atoms with E-state index in [4.69, 9.17) is 21.1 Å². The number of benzene rings is 3. The molecular weight excluding hydrogens is 374 g/mol. The molecule has 144 valence electrons. The second kappa shape index (κ2) is 8.91. The van der Waals surface area contributed by atoms with Crippen molar-refractivity contribution in [3.05, 3.63) is 95.0 Å². The number of rotatable bonds is 7. The SMILES string of the molecule is COC(C)(CNC(=O)c1ccc(Oc2ccccc2)cc1)c1cccc(Cl)c1. The highest BCUT2D eigenvalue weighted by molar-refractivity contribution is 6.30. The molecule has 0 fully saturated rings. The number of ether oxygens (including phenoxy) is 2. The highest BCUT2D eigenvalue weighted by Gasteiger charge is 2.27. The number of methoxy groups -OCH3 is 1. The largest absolute Gasteiger partial charge is 0.457 e. The molecule has 4 nitrogen and oxygen atoms in total. The zero-order chi connectivity index (χ0) is 20.0. The Kier molecular flexibility index (Phi) is 6.34. The second-order valence-electron chi connectivity index (χ2n) is 6.57. The fourth-order valence-electron chi connectivity index (χ4n) is 2.76. The first-order chi connectivity index (χ1) is 13.5. The third-order valence-corrected chi connectivity index (χ3v) is 4.80. The molecule has 1 amide bonds. The van der Waals surface area contributed by atoms with Crippen LogP contribution in [0.25, 0.3) is 0 Å². The lowest BCUT2D eigenvalue weighted by Gasteiger charge is -2.29. The molecular formula is C23H22ClNO3. The Hall–Kier alpha value is -2.82. The first-order valence-corrected chi connectivity index (χ1v) is 9.30. The third kappa shape index (κ3) is 4.91. The van der Waals surface area contributed by atoms with Gasteiger partial charge < -0.3 is 14.8 Å². The van der Waals surface area contributed by atoms with Gasteiger partial charge in [0.15, 0.2) is 0 Å². The molecule has 0 spiro atoms. The maximum atomic E-state index is 12.5. The number of hydrogen-bond acceptors (Lipinski definition) is 3. The summed E-state index contributed by atoms with van der Waals surface area (Å²) in [5, 5.41) is 3.56. The smallest absolute Gasteiger partial charge is 0.251 e. The van der Waals surface area contributed by atoms with Crippen LogP contribution in [-0.4, -0.2) is 19.6 Å². The summed E-state index contributed by atoms with van der Waals surface area (Å²) in [5.74, 6) is 1.23. The molecule has 1 unspecified atom stereocenters. The van der Waals surface area contributed by atoms with Gasteiger partial charge in [-0.15, -0.1) is 0 Å². The molecule has 0 aliphatic heterocycles. The van der Waals surface area contributed by atoms with Crippen LogP contribution in [0.15, 0.2) is 78.9 Å². The van der Waals surface area contributed by atoms with Crippen LogP contribution in [0.3, 0.4) is 0 Å². The molecule has 1 atom stereocenters. The fraction of sp³-hybridized carbons (Fsp3) is 0.174. The third-order valence-electron chi connectivity index (χ3n) is 4.57. The highest BCUT2D eigenvalue weighted by Crippen LogP contribution is 2.26. The van der Waals surface area contributed by atoms with Crippen molar-refractivity contribution in [3.8, 4) is 11.5 Å². The molecule has 3 rings (SSSR count). The van der Waals surface area contributed by atoms with Crippen molar-refractivity contribution in [2.45, 2.75) is 12.5 Å². The standard InChI is InChI=1S/C23H22ClNO3/c1-23(27-2,18-7-6-8-19(24)15-18)16-25-22(26)17-11-13-21(14-12-17)28-20-9-4-3-5-10-20/h3-15H,16H2,1-2H3,(H,25,26). The minimum atomic E-state index is -0.684. The van der Waals surface area contributed by atoms with Crippen molar-refractivity contribution < 1.29 is 14.3 Å². The molecule has 3 aromatic carbocycles. The normalized spacial score (nSPS) is 12.8. The molecule has 0 aromatic heterocycles. The summed E-state index contributed by atoms with van der Waals surface area (Å²) in [6.07, 6.45) is 0. The number of nitrogens with one attached hydrogen (secondary N) is 1. The lowest BCUT2D eigenvalue weighted by atomic mass is 9.95. The van der Waals surface area contributed by atoms with Gasteiger partial charge >= 0.3 is 0 Å². The van der Waals surface area contributed by atoms with Crippen molar-refractivity contribution in [2.24, 2.45) is 0 Å². The van der Waals surface area contributed by atoms with Crippen LogP contribution < -0.4 is 10.1 Å². The van der Waals surface area contributed by atoms with Gasteiger partial charge in [-0.1, -0.05) is 41.9 Å². The van der Waals surface area contributed by atoms with Crippen LogP contribution in [0.1, 0.15) is 22.8 Å². The number of amides is 1. The first-order valence-electron chi connectivity index (χ1n) is 8.92. The lowest BCUT2D eigenvalue weighted by molar-refractivity contribution is 0.00315. The molecule has 0 aliphatic carbocycles. The van der Waals surface area contributed by atoms with Gasteiger partial charge in [0, 0.05) is 17.7 Å². The highest BCUT2D eigenvalue weighted by atomic mass is 35.5. The van der Waals surface area contributed by atoms with E-state index in [-0.39, 0.29) is 5.91 Å². The van der Waals surface area contributed by atoms with Gasteiger partial charge in [0.1, 0.15) is 17.1 Å². The van der Waals surface area contributed by atoms with E-state index in [0.717, 1.165) is 11.3 Å². The van der Waals surface area contributed by atoms with Crippen molar-refractivity contribution in [1.29, 1.82) is 0 Å². The minimum Gasteiger partial charge on any atom is -0.457 e. The summed E-state index contributed by atoms with van der Waals surface area (Å²) in [5.41, 5.74) is 0.760. The van der Waals surface area contributed by atoms with Gasteiger partial charge in [-0.3, -0.25) is 4.79 Å². The van der Waals surface area contributed by atoms with E-state index in [0.29, 0.717) is 22.9 Å². The Bertz CT molecular complexity index is 928. The maximum absolute atomic E-state index is 12.5. The lowest BCUT2D eigenvalue weighted by Crippen LogP contribution is -2.40. The van der Waals surface area contributed by atoms with E-state index < -0.39 is 5.60 Å². The van der Waals surface area contributed by atoms with Crippen molar-refractivity contribution in [1.82, 2.24) is 5.32 Å². The van der Waals surface area contributed by atoms with Crippen LogP contribution >= 0.6 is 11.6 Å². The molecule has 0 heterocycles. The Morgan fingerprint density at radius 3 is 2.29 bits per heavy atom. The number of hydrogen-bond donors (Lipinski definition) is 1. The van der Waals surface area contributed by atoms with E-state index in [1.807, 2.05) is 55.5 Å². The minimum absolute atomic E-state index is 0.184. The van der Waals surface area contributed by atoms with Crippen LogP contribution in [0.2, 0.25) is 5.02 Å². The Morgan fingerprint density at radius 2 is 1.64 bits per heavy atom. The molecule has 0 saturated carbocycles. The Morgan fingerprint density at radius 1 is 0.964 bits per heavy atom. The van der Waals surface area contributed by atoms with E-state index in [1.54, 1.807) is 37.4 Å². The molecule has 5 heteroatoms. The second-order valence-corrected chi connectivity index (χ2v) is 7.00. The van der Waals surface area contributed by atoms with E-state index in [2.05, 4.69) is 5.32 Å². The summed E-state index contributed by atoms with van der Waals surface area (Å²) in [6, 6.07) is 23.9. The summed E-state index contributed by atoms with van der Waals surface area (Å²) in [6.45, 7) is 2.22. The number of carbonyl (C=O) groups is 1. The van der Waals surface area contributed by atoms with Crippen LogP contribution in [0.4, 0.5) is 0 Å². The van der Waals surface area contributed by atoms with Crippen LogP contribution in [-0.2, 0) is 10.3 Å². The summed E-state index contributed by atoms with van der Waals surface area (Å²) in [7, 11) is 1.61. The number of carbonyl (C=O) groups excluding carboxylic acids is 1. The molecule has 1 N–H and O–H groups in total. The molecule has 0 aliphatic rings. The maximum Gasteiger partial charge on any atom is 0.251 e. The molecule has 0 bridgehead atoms. The molecule has 0 radical (unpaired) electrons. The Balaban J connectivity index is 1.64. The average Bonchev–Trinajstić information content (AvgIpc) is 2.73. The Labute approximate surface area is 170 Å². The zero-order valence-electron chi connectivity index (χ0n) is 15.8. The van der Waals surface area contributed by atoms with Crippen molar-refractivity contribution in [2.75, 3.05) is 13.7 Å². The zero-order valence-corrected chi connectivity index (χ0v) is 16.6. The summed E-state index contributed by atoms with van der Waals surface area (Å²) in [4.78, 5) is 12.5. The van der Waals surface area contributed by atoms with Crippen molar-refractivity contribution in [3.63, 3.8) is 0 Å². The van der Waals surface area contributed by atoms with E-state index in [9.17, 15) is 4.79 Å². The molecule has 0 saturated heterocycles. The fourth-order valence-corrected chi connectivity index (χ4v) is 2.95. The summed E-state index contributed by atoms with van der Waals surface area (Å²) < 4.78 is 11.4. The van der Waals surface area contributed by atoms with Gasteiger partial charge in [-0.05, 0) is 61.0 Å². The van der Waals surface area contributed by atoms with E-state index >= 15 is 0 Å². The first kappa shape index (κ1) is 19.9. The van der Waals surface area contributed by atoms with Crippen LogP contribution in [0, 0.1) is 0 Å². The topological polar surface area (TPSA) is 47.6 Å². The molecule has 28 heavy (non-hydrogen) atoms. The predicted molar refractivity (Wildman–Crippen MR) is 111 cm³/mol. The average molecular weight is 396 g/mol. The van der Waals surface area contributed by atoms with Gasteiger partial charge in [0.2, 0.25) is 0 Å². The van der Waals surface area contributed by atoms with Crippen molar-refractivity contribution >= 4 is 17.5 Å². The summed E-state index contributed by atoms with van der Waals surface area (Å²) >= 11 is 6.08. The van der Waals surface area contributed by atoms with Gasteiger partial charge in [-0.25, -0.2) is 0 Å². The van der Waals surface area contributed by atoms with Gasteiger partial charge in [-0.2, -0.15) is 0 Å². The monoisotopic (exact) mass is 395 g/mol.